The summed E-state index contributed by atoms with van der Waals surface area (Å²) in [7, 11) is 0. The number of rotatable bonds is 10. The number of anilines is 1. The predicted molar refractivity (Wildman–Crippen MR) is 140 cm³/mol. The highest BCUT2D eigenvalue weighted by molar-refractivity contribution is 5.85. The smallest absolute Gasteiger partial charge is 0.173 e. The number of pyridine rings is 1. The zero-order valence-electron chi connectivity index (χ0n) is 19.5. The number of fused-ring (bicyclic) bond motifs is 1. The van der Waals surface area contributed by atoms with Gasteiger partial charge in [0, 0.05) is 17.3 Å². The van der Waals surface area contributed by atoms with Crippen LogP contribution in [0.4, 0.5) is 11.4 Å². The molecule has 0 saturated carbocycles. The van der Waals surface area contributed by atoms with E-state index in [1.807, 2.05) is 84.9 Å². The Hall–Kier alpha value is -4.85. The van der Waals surface area contributed by atoms with Crippen molar-refractivity contribution in [2.24, 2.45) is 4.99 Å². The summed E-state index contributed by atoms with van der Waals surface area (Å²) in [4.78, 5) is 21.2. The standard InChI is InChI=1S/C28H24N6O2/c35-26(17-30-23-7-2-1-3-8-23)19-34-18-25(32-33-34)20-36-27-12-10-21(11-13-27)15-29-24-14-22-6-4-5-9-28(22)31-16-24/h1-16,18,30H,17,19-20H2. The average molecular weight is 477 g/mol. The van der Waals surface area contributed by atoms with Crippen LogP contribution in [0, 0.1) is 0 Å². The third-order valence-electron chi connectivity index (χ3n) is 5.39. The van der Waals surface area contributed by atoms with Gasteiger partial charge < -0.3 is 10.1 Å². The highest BCUT2D eigenvalue weighted by Gasteiger charge is 2.07. The summed E-state index contributed by atoms with van der Waals surface area (Å²) in [5.41, 5.74) is 4.25. The topological polar surface area (TPSA) is 94.3 Å². The number of carbonyl (C=O) groups is 1. The second-order valence-electron chi connectivity index (χ2n) is 8.17. The van der Waals surface area contributed by atoms with Gasteiger partial charge in [-0.15, -0.1) is 5.10 Å². The lowest BCUT2D eigenvalue weighted by Crippen LogP contribution is -2.19. The fourth-order valence-corrected chi connectivity index (χ4v) is 3.56. The lowest BCUT2D eigenvalue weighted by atomic mass is 10.2. The van der Waals surface area contributed by atoms with Crippen LogP contribution in [-0.4, -0.2) is 38.5 Å². The van der Waals surface area contributed by atoms with E-state index in [2.05, 4.69) is 25.6 Å². The van der Waals surface area contributed by atoms with Crippen molar-refractivity contribution < 1.29 is 9.53 Å². The molecule has 0 aliphatic heterocycles. The second-order valence-corrected chi connectivity index (χ2v) is 8.17. The van der Waals surface area contributed by atoms with Crippen LogP contribution in [0.15, 0.2) is 102 Å². The molecule has 3 aromatic carbocycles. The van der Waals surface area contributed by atoms with Crippen molar-refractivity contribution in [3.63, 3.8) is 0 Å². The van der Waals surface area contributed by atoms with Crippen LogP contribution in [-0.2, 0) is 17.9 Å². The van der Waals surface area contributed by atoms with Gasteiger partial charge >= 0.3 is 0 Å². The Balaban J connectivity index is 1.10. The van der Waals surface area contributed by atoms with Crippen LogP contribution >= 0.6 is 0 Å². The van der Waals surface area contributed by atoms with Crippen molar-refractivity contribution in [3.8, 4) is 5.75 Å². The molecule has 8 nitrogen and oxygen atoms in total. The van der Waals surface area contributed by atoms with Crippen LogP contribution in [0.3, 0.4) is 0 Å². The van der Waals surface area contributed by atoms with Crippen molar-refractivity contribution in [2.45, 2.75) is 13.2 Å². The minimum absolute atomic E-state index is 0.00736. The molecule has 0 fully saturated rings. The van der Waals surface area contributed by atoms with Crippen LogP contribution in [0.5, 0.6) is 5.75 Å². The molecule has 8 heteroatoms. The molecule has 0 radical (unpaired) electrons. The Morgan fingerprint density at radius 1 is 1.00 bits per heavy atom. The maximum Gasteiger partial charge on any atom is 0.173 e. The summed E-state index contributed by atoms with van der Waals surface area (Å²) in [5, 5.41) is 12.3. The SMILES string of the molecule is O=C(CNc1ccccc1)Cn1cc(COc2ccc(C=Nc3cnc4ccccc4c3)cc2)nn1. The monoisotopic (exact) mass is 476 g/mol. The van der Waals surface area contributed by atoms with E-state index in [0.29, 0.717) is 11.4 Å². The van der Waals surface area contributed by atoms with E-state index in [-0.39, 0.29) is 25.5 Å². The van der Waals surface area contributed by atoms with Crippen molar-refractivity contribution in [1.29, 1.82) is 0 Å². The van der Waals surface area contributed by atoms with Gasteiger partial charge in [-0.3, -0.25) is 14.8 Å². The molecular formula is C28H24N6O2. The number of hydrogen-bond donors (Lipinski definition) is 1. The number of aromatic nitrogens is 4. The first-order valence-electron chi connectivity index (χ1n) is 11.5. The Morgan fingerprint density at radius 3 is 2.67 bits per heavy atom. The largest absolute Gasteiger partial charge is 0.487 e. The number of nitrogens with zero attached hydrogens (tertiary/aromatic N) is 5. The number of hydrogen-bond acceptors (Lipinski definition) is 7. The van der Waals surface area contributed by atoms with Crippen molar-refractivity contribution >= 4 is 34.3 Å². The highest BCUT2D eigenvalue weighted by Crippen LogP contribution is 2.19. The van der Waals surface area contributed by atoms with Crippen molar-refractivity contribution in [1.82, 2.24) is 20.0 Å². The van der Waals surface area contributed by atoms with Gasteiger partial charge in [0.05, 0.1) is 30.1 Å². The third kappa shape index (κ3) is 6.18. The Labute approximate surface area is 208 Å². The first-order valence-corrected chi connectivity index (χ1v) is 11.5. The molecule has 0 saturated heterocycles. The van der Waals surface area contributed by atoms with Gasteiger partial charge in [-0.2, -0.15) is 0 Å². The Kier molecular flexibility index (Phi) is 7.03. The summed E-state index contributed by atoms with van der Waals surface area (Å²) in [6.07, 6.45) is 5.28. The predicted octanol–water partition coefficient (Wildman–Crippen LogP) is 4.84. The molecule has 0 aliphatic rings. The molecule has 0 bridgehead atoms. The van der Waals surface area contributed by atoms with Crippen LogP contribution in [0.1, 0.15) is 11.3 Å². The zero-order valence-corrected chi connectivity index (χ0v) is 19.5. The Bertz CT molecular complexity index is 1480. The maximum atomic E-state index is 12.2. The van der Waals surface area contributed by atoms with Gasteiger partial charge in [0.15, 0.2) is 5.78 Å². The molecule has 2 aromatic heterocycles. The number of aliphatic imine (C=N–C) groups is 1. The molecular weight excluding hydrogens is 452 g/mol. The molecule has 0 unspecified atom stereocenters. The normalized spacial score (nSPS) is 11.1. The number of Topliss-reactive ketones (excluding diaryl/α,β-unsaturated/α-hetero) is 1. The van der Waals surface area contributed by atoms with Crippen LogP contribution in [0.25, 0.3) is 10.9 Å². The molecule has 0 atom stereocenters. The van der Waals surface area contributed by atoms with Gasteiger partial charge in [-0.05, 0) is 54.1 Å². The van der Waals surface area contributed by atoms with E-state index in [4.69, 9.17) is 4.74 Å². The minimum atomic E-state index is 0.00736. The van der Waals surface area contributed by atoms with E-state index >= 15 is 0 Å². The lowest BCUT2D eigenvalue weighted by molar-refractivity contribution is -0.118. The second kappa shape index (κ2) is 11.1. The third-order valence-corrected chi connectivity index (χ3v) is 5.39. The number of ketones is 1. The van der Waals surface area contributed by atoms with Gasteiger partial charge in [0.1, 0.15) is 24.6 Å². The summed E-state index contributed by atoms with van der Waals surface area (Å²) in [6, 6.07) is 27.2. The Morgan fingerprint density at radius 2 is 1.81 bits per heavy atom. The first-order chi connectivity index (χ1) is 17.7. The first kappa shape index (κ1) is 22.9. The van der Waals surface area contributed by atoms with E-state index in [1.54, 1.807) is 18.6 Å². The number of nitrogens with one attached hydrogen (secondary N) is 1. The van der Waals surface area contributed by atoms with Crippen LogP contribution < -0.4 is 10.1 Å². The molecule has 5 aromatic rings. The number of para-hydroxylation sites is 2. The van der Waals surface area contributed by atoms with E-state index in [1.165, 1.54) is 4.68 Å². The number of carbonyl (C=O) groups excluding carboxylic acids is 1. The fraction of sp³-hybridized carbons (Fsp3) is 0.107. The number of ether oxygens (including phenoxy) is 1. The average Bonchev–Trinajstić information content (AvgIpc) is 3.37. The molecule has 0 spiro atoms. The van der Waals surface area contributed by atoms with Crippen molar-refractivity contribution in [3.05, 3.63) is 109 Å². The quantitative estimate of drug-likeness (QED) is 0.290. The van der Waals surface area contributed by atoms with Gasteiger partial charge in [0.2, 0.25) is 0 Å². The van der Waals surface area contributed by atoms with E-state index in [9.17, 15) is 4.79 Å². The molecule has 1 N–H and O–H groups in total. The highest BCUT2D eigenvalue weighted by atomic mass is 16.5. The summed E-state index contributed by atoms with van der Waals surface area (Å²) < 4.78 is 7.34. The molecule has 178 valence electrons. The van der Waals surface area contributed by atoms with Crippen LogP contribution in [0.2, 0.25) is 0 Å². The summed E-state index contributed by atoms with van der Waals surface area (Å²) in [5.74, 6) is 0.713. The van der Waals surface area contributed by atoms with Gasteiger partial charge in [0.25, 0.3) is 0 Å². The minimum Gasteiger partial charge on any atom is -0.487 e. The molecule has 2 heterocycles. The molecule has 36 heavy (non-hydrogen) atoms. The molecule has 5 rings (SSSR count). The van der Waals surface area contributed by atoms with E-state index in [0.717, 1.165) is 27.8 Å². The zero-order chi connectivity index (χ0) is 24.6. The maximum absolute atomic E-state index is 12.2. The van der Waals surface area contributed by atoms with Gasteiger partial charge in [-0.25, -0.2) is 4.68 Å². The number of benzene rings is 3. The summed E-state index contributed by atoms with van der Waals surface area (Å²) in [6.45, 7) is 0.628. The summed E-state index contributed by atoms with van der Waals surface area (Å²) >= 11 is 0. The lowest BCUT2D eigenvalue weighted by Gasteiger charge is -2.05. The fourth-order valence-electron chi connectivity index (χ4n) is 3.56. The molecule has 0 aliphatic carbocycles. The molecule has 0 amide bonds. The van der Waals surface area contributed by atoms with Crippen molar-refractivity contribution in [2.75, 3.05) is 11.9 Å². The van der Waals surface area contributed by atoms with E-state index < -0.39 is 0 Å². The van der Waals surface area contributed by atoms with Gasteiger partial charge in [-0.1, -0.05) is 41.6 Å².